The minimum Gasteiger partial charge on any atom is -0.494 e. The van der Waals surface area contributed by atoms with Crippen LogP contribution < -0.4 is 4.74 Å². The van der Waals surface area contributed by atoms with Crippen LogP contribution in [0.4, 0.5) is 0 Å². The van der Waals surface area contributed by atoms with E-state index in [1.807, 2.05) is 26.0 Å². The summed E-state index contributed by atoms with van der Waals surface area (Å²) >= 11 is 0. The molecule has 0 amide bonds. The van der Waals surface area contributed by atoms with Gasteiger partial charge in [0.25, 0.3) is 0 Å². The zero-order chi connectivity index (χ0) is 22.4. The number of carbonyl (C=O) groups excluding carboxylic acids is 2. The Hall–Kier alpha value is -2.71. The van der Waals surface area contributed by atoms with E-state index in [-0.39, 0.29) is 30.4 Å². The average molecular weight is 446 g/mol. The minimum atomic E-state index is -3.64. The van der Waals surface area contributed by atoms with Gasteiger partial charge in [-0.05, 0) is 51.0 Å². The Kier molecular flexibility index (Phi) is 7.46. The number of esters is 1. The van der Waals surface area contributed by atoms with Crippen molar-refractivity contribution in [2.45, 2.75) is 31.6 Å². The SMILES string of the molecule is CCOc1ccc(S(=O)(=O)N2CCC(C(=O)OCC(=O)c3ccc(C)cc3)CC2)cc1. The predicted octanol–water partition coefficient (Wildman–Crippen LogP) is 3.22. The summed E-state index contributed by atoms with van der Waals surface area (Å²) in [5.74, 6) is -0.525. The van der Waals surface area contributed by atoms with Gasteiger partial charge in [-0.15, -0.1) is 0 Å². The molecule has 0 radical (unpaired) electrons. The number of ether oxygens (including phenoxy) is 2. The fourth-order valence-electron chi connectivity index (χ4n) is 3.43. The van der Waals surface area contributed by atoms with Crippen molar-refractivity contribution in [3.8, 4) is 5.75 Å². The van der Waals surface area contributed by atoms with E-state index in [1.165, 1.54) is 16.4 Å². The van der Waals surface area contributed by atoms with Crippen molar-refractivity contribution >= 4 is 21.8 Å². The highest BCUT2D eigenvalue weighted by molar-refractivity contribution is 7.89. The number of piperidine rings is 1. The molecule has 8 heteroatoms. The number of ketones is 1. The number of hydrogen-bond donors (Lipinski definition) is 0. The van der Waals surface area contributed by atoms with Gasteiger partial charge < -0.3 is 9.47 Å². The molecule has 0 unspecified atom stereocenters. The highest BCUT2D eigenvalue weighted by Gasteiger charge is 2.33. The molecule has 0 spiro atoms. The van der Waals surface area contributed by atoms with E-state index in [1.54, 1.807) is 24.3 Å². The standard InChI is InChI=1S/C23H27NO6S/c1-3-29-20-8-10-21(11-9-20)31(27,28)24-14-12-19(13-15-24)23(26)30-16-22(25)18-6-4-17(2)5-7-18/h4-11,19H,3,12-16H2,1-2H3. The molecule has 7 nitrogen and oxygen atoms in total. The Morgan fingerprint density at radius 1 is 1.00 bits per heavy atom. The first-order chi connectivity index (χ1) is 14.8. The molecule has 1 aliphatic heterocycles. The topological polar surface area (TPSA) is 90.0 Å². The molecule has 1 heterocycles. The second-order valence-corrected chi connectivity index (χ2v) is 9.42. The lowest BCUT2D eigenvalue weighted by Crippen LogP contribution is -2.40. The van der Waals surface area contributed by atoms with E-state index in [0.717, 1.165) is 5.56 Å². The summed E-state index contributed by atoms with van der Waals surface area (Å²) in [4.78, 5) is 24.7. The van der Waals surface area contributed by atoms with Crippen molar-refractivity contribution in [1.82, 2.24) is 4.31 Å². The molecule has 0 N–H and O–H groups in total. The molecule has 31 heavy (non-hydrogen) atoms. The molecule has 0 aliphatic carbocycles. The lowest BCUT2D eigenvalue weighted by atomic mass is 9.98. The van der Waals surface area contributed by atoms with Crippen molar-refractivity contribution in [1.29, 1.82) is 0 Å². The van der Waals surface area contributed by atoms with Gasteiger partial charge >= 0.3 is 5.97 Å². The third kappa shape index (κ3) is 5.71. The van der Waals surface area contributed by atoms with Crippen molar-refractivity contribution in [2.75, 3.05) is 26.3 Å². The number of rotatable bonds is 8. The quantitative estimate of drug-likeness (QED) is 0.458. The molecule has 0 saturated carbocycles. The number of sulfonamides is 1. The maximum Gasteiger partial charge on any atom is 0.309 e. The largest absolute Gasteiger partial charge is 0.494 e. The molecule has 166 valence electrons. The zero-order valence-corrected chi connectivity index (χ0v) is 18.6. The Labute approximate surface area is 183 Å². The van der Waals surface area contributed by atoms with Gasteiger partial charge in [0.05, 0.1) is 17.4 Å². The van der Waals surface area contributed by atoms with Crippen molar-refractivity contribution in [3.63, 3.8) is 0 Å². The van der Waals surface area contributed by atoms with Crippen LogP contribution in [0.25, 0.3) is 0 Å². The summed E-state index contributed by atoms with van der Waals surface area (Å²) in [6.45, 7) is 4.43. The number of nitrogens with zero attached hydrogens (tertiary/aromatic N) is 1. The number of benzene rings is 2. The van der Waals surface area contributed by atoms with E-state index in [9.17, 15) is 18.0 Å². The first-order valence-corrected chi connectivity index (χ1v) is 11.7. The number of Topliss-reactive ketones (excluding diaryl/α,β-unsaturated/α-hetero) is 1. The molecule has 1 aliphatic rings. The van der Waals surface area contributed by atoms with Crippen LogP contribution >= 0.6 is 0 Å². The molecule has 3 rings (SSSR count). The van der Waals surface area contributed by atoms with Crippen molar-refractivity contribution in [3.05, 3.63) is 59.7 Å². The van der Waals surface area contributed by atoms with Crippen LogP contribution in [0.15, 0.2) is 53.4 Å². The molecule has 2 aromatic rings. The smallest absolute Gasteiger partial charge is 0.309 e. The number of carbonyl (C=O) groups is 2. The first-order valence-electron chi connectivity index (χ1n) is 10.3. The third-order valence-electron chi connectivity index (χ3n) is 5.28. The Bertz CT molecular complexity index is 1010. The second-order valence-electron chi connectivity index (χ2n) is 7.48. The first kappa shape index (κ1) is 23.0. The van der Waals surface area contributed by atoms with Gasteiger partial charge in [0.2, 0.25) is 10.0 Å². The van der Waals surface area contributed by atoms with E-state index in [4.69, 9.17) is 9.47 Å². The van der Waals surface area contributed by atoms with E-state index in [0.29, 0.717) is 30.8 Å². The number of aryl methyl sites for hydroxylation is 1. The van der Waals surface area contributed by atoms with E-state index in [2.05, 4.69) is 0 Å². The summed E-state index contributed by atoms with van der Waals surface area (Å²) in [7, 11) is -3.64. The maximum absolute atomic E-state index is 12.9. The van der Waals surface area contributed by atoms with Gasteiger partial charge in [0.1, 0.15) is 5.75 Å². The van der Waals surface area contributed by atoms with Gasteiger partial charge in [0.15, 0.2) is 12.4 Å². The van der Waals surface area contributed by atoms with Crippen LogP contribution in [0, 0.1) is 12.8 Å². The summed E-state index contributed by atoms with van der Waals surface area (Å²) in [6.07, 6.45) is 0.710. The van der Waals surface area contributed by atoms with Gasteiger partial charge in [0, 0.05) is 18.7 Å². The monoisotopic (exact) mass is 445 g/mol. The van der Waals surface area contributed by atoms with E-state index < -0.39 is 21.9 Å². The molecule has 2 aromatic carbocycles. The van der Waals surface area contributed by atoms with Crippen LogP contribution in [0.5, 0.6) is 5.75 Å². The van der Waals surface area contributed by atoms with Gasteiger partial charge in [-0.1, -0.05) is 29.8 Å². The Morgan fingerprint density at radius 2 is 1.61 bits per heavy atom. The summed E-state index contributed by atoms with van der Waals surface area (Å²) in [5.41, 5.74) is 1.54. The van der Waals surface area contributed by atoms with Crippen LogP contribution in [0.2, 0.25) is 0 Å². The Morgan fingerprint density at radius 3 is 2.19 bits per heavy atom. The summed E-state index contributed by atoms with van der Waals surface area (Å²) < 4.78 is 37.6. The fourth-order valence-corrected chi connectivity index (χ4v) is 4.90. The van der Waals surface area contributed by atoms with Crippen LogP contribution in [-0.4, -0.2) is 50.8 Å². The molecule has 1 saturated heterocycles. The van der Waals surface area contributed by atoms with Crippen LogP contribution in [0.1, 0.15) is 35.7 Å². The highest BCUT2D eigenvalue weighted by Crippen LogP contribution is 2.26. The number of hydrogen-bond acceptors (Lipinski definition) is 6. The molecule has 0 bridgehead atoms. The van der Waals surface area contributed by atoms with Crippen molar-refractivity contribution in [2.24, 2.45) is 5.92 Å². The fraction of sp³-hybridized carbons (Fsp3) is 0.391. The molecular weight excluding hydrogens is 418 g/mol. The lowest BCUT2D eigenvalue weighted by molar-refractivity contribution is -0.148. The normalized spacial score (nSPS) is 15.4. The van der Waals surface area contributed by atoms with Crippen molar-refractivity contribution < 1.29 is 27.5 Å². The Balaban J connectivity index is 1.51. The average Bonchev–Trinajstić information content (AvgIpc) is 2.78. The highest BCUT2D eigenvalue weighted by atomic mass is 32.2. The maximum atomic E-state index is 12.9. The van der Waals surface area contributed by atoms with Crippen LogP contribution in [-0.2, 0) is 19.6 Å². The molecular formula is C23H27NO6S. The zero-order valence-electron chi connectivity index (χ0n) is 17.7. The third-order valence-corrected chi connectivity index (χ3v) is 7.19. The van der Waals surface area contributed by atoms with Gasteiger partial charge in [-0.3, -0.25) is 9.59 Å². The lowest BCUT2D eigenvalue weighted by Gasteiger charge is -2.30. The molecule has 0 atom stereocenters. The molecule has 0 aromatic heterocycles. The molecule has 1 fully saturated rings. The summed E-state index contributed by atoms with van der Waals surface area (Å²) in [5, 5.41) is 0. The second kappa shape index (κ2) is 10.1. The van der Waals surface area contributed by atoms with Gasteiger partial charge in [-0.2, -0.15) is 4.31 Å². The predicted molar refractivity (Wildman–Crippen MR) is 116 cm³/mol. The summed E-state index contributed by atoms with van der Waals surface area (Å²) in [6, 6.07) is 13.4. The van der Waals surface area contributed by atoms with E-state index >= 15 is 0 Å². The van der Waals surface area contributed by atoms with Gasteiger partial charge in [-0.25, -0.2) is 8.42 Å². The minimum absolute atomic E-state index is 0.195. The van der Waals surface area contributed by atoms with Crippen LogP contribution in [0.3, 0.4) is 0 Å².